The summed E-state index contributed by atoms with van der Waals surface area (Å²) in [6, 6.07) is 13.0. The summed E-state index contributed by atoms with van der Waals surface area (Å²) < 4.78 is 27.0. The second-order valence-electron chi connectivity index (χ2n) is 8.21. The first-order chi connectivity index (χ1) is 15.4. The van der Waals surface area contributed by atoms with E-state index in [1.54, 1.807) is 55.5 Å². The van der Waals surface area contributed by atoms with Crippen molar-refractivity contribution in [3.8, 4) is 0 Å². The minimum absolute atomic E-state index is 0.135. The van der Waals surface area contributed by atoms with Gasteiger partial charge in [-0.15, -0.1) is 0 Å². The van der Waals surface area contributed by atoms with Crippen LogP contribution in [0.1, 0.15) is 26.3 Å². The van der Waals surface area contributed by atoms with Gasteiger partial charge in [-0.1, -0.05) is 37.6 Å². The highest BCUT2D eigenvalue weighted by Crippen LogP contribution is 2.21. The highest BCUT2D eigenvalue weighted by molar-refractivity contribution is 14.1. The summed E-state index contributed by atoms with van der Waals surface area (Å²) in [5.41, 5.74) is 1.16. The average Bonchev–Trinajstić information content (AvgIpc) is 2.74. The van der Waals surface area contributed by atoms with Crippen LogP contribution in [-0.4, -0.2) is 50.5 Å². The zero-order valence-corrected chi connectivity index (χ0v) is 22.8. The van der Waals surface area contributed by atoms with Crippen molar-refractivity contribution < 1.29 is 18.0 Å². The van der Waals surface area contributed by atoms with Crippen molar-refractivity contribution in [1.82, 2.24) is 10.2 Å². The maximum absolute atomic E-state index is 13.4. The number of halogens is 2. The maximum Gasteiger partial charge on any atom is 0.244 e. The molecular formula is C23H29ClIN3O4S. The number of amides is 2. The molecule has 0 bridgehead atoms. The number of sulfonamides is 1. The molecule has 0 heterocycles. The van der Waals surface area contributed by atoms with Crippen molar-refractivity contribution in [1.29, 1.82) is 0 Å². The van der Waals surface area contributed by atoms with E-state index in [9.17, 15) is 18.0 Å². The molecule has 0 saturated heterocycles. The molecule has 2 amide bonds. The van der Waals surface area contributed by atoms with Gasteiger partial charge in [-0.25, -0.2) is 8.42 Å². The van der Waals surface area contributed by atoms with Gasteiger partial charge in [0.05, 0.1) is 11.9 Å². The Hall–Kier alpha value is -1.85. The molecule has 0 aliphatic carbocycles. The number of anilines is 1. The number of rotatable bonds is 10. The van der Waals surface area contributed by atoms with Crippen LogP contribution in [0.2, 0.25) is 5.02 Å². The fourth-order valence-electron chi connectivity index (χ4n) is 3.04. The number of hydrogen-bond donors (Lipinski definition) is 1. The minimum atomic E-state index is -3.74. The molecule has 1 N–H and O–H groups in total. The SMILES string of the molecule is CC(C)CNC(=O)C(C)N(Cc1ccc(Cl)cc1)C(=O)CN(c1ccc(I)cc1)S(C)(=O)=O. The molecule has 1 unspecified atom stereocenters. The highest BCUT2D eigenvalue weighted by atomic mass is 127. The first kappa shape index (κ1) is 27.4. The molecule has 2 rings (SSSR count). The second kappa shape index (κ2) is 12.0. The Morgan fingerprint density at radius 2 is 1.61 bits per heavy atom. The maximum atomic E-state index is 13.4. The summed E-state index contributed by atoms with van der Waals surface area (Å²) in [6.07, 6.45) is 1.06. The van der Waals surface area contributed by atoms with E-state index in [4.69, 9.17) is 11.6 Å². The Kier molecular flexibility index (Phi) is 9.99. The van der Waals surface area contributed by atoms with Crippen LogP contribution >= 0.6 is 34.2 Å². The Morgan fingerprint density at radius 1 is 1.03 bits per heavy atom. The van der Waals surface area contributed by atoms with Gasteiger partial charge < -0.3 is 10.2 Å². The third-order valence-corrected chi connectivity index (χ3v) is 7.02. The predicted octanol–water partition coefficient (Wildman–Crippen LogP) is 3.90. The first-order valence-corrected chi connectivity index (χ1v) is 13.7. The van der Waals surface area contributed by atoms with Crippen LogP contribution in [-0.2, 0) is 26.2 Å². The topological polar surface area (TPSA) is 86.8 Å². The third kappa shape index (κ3) is 8.46. The van der Waals surface area contributed by atoms with Crippen molar-refractivity contribution in [2.75, 3.05) is 23.7 Å². The Bertz CT molecular complexity index is 1060. The van der Waals surface area contributed by atoms with E-state index in [0.29, 0.717) is 17.3 Å². The standard InChI is InChI=1S/C23H29ClIN3O4S/c1-16(2)13-26-23(30)17(3)27(14-18-5-7-19(24)8-6-18)22(29)15-28(33(4,31)32)21-11-9-20(25)10-12-21/h5-12,16-17H,13-15H2,1-4H3,(H,26,30). The molecule has 7 nitrogen and oxygen atoms in total. The zero-order valence-electron chi connectivity index (χ0n) is 19.1. The lowest BCUT2D eigenvalue weighted by Gasteiger charge is -2.31. The largest absolute Gasteiger partial charge is 0.354 e. The summed E-state index contributed by atoms with van der Waals surface area (Å²) in [4.78, 5) is 27.6. The molecule has 180 valence electrons. The van der Waals surface area contributed by atoms with Gasteiger partial charge in [-0.2, -0.15) is 0 Å². The van der Waals surface area contributed by atoms with Crippen LogP contribution in [0.4, 0.5) is 5.69 Å². The molecule has 0 spiro atoms. The van der Waals surface area contributed by atoms with Crippen molar-refractivity contribution >= 4 is 61.7 Å². The van der Waals surface area contributed by atoms with E-state index in [-0.39, 0.29) is 18.4 Å². The zero-order chi connectivity index (χ0) is 24.8. The Labute approximate surface area is 214 Å². The average molecular weight is 606 g/mol. The molecule has 2 aromatic carbocycles. The van der Waals surface area contributed by atoms with Gasteiger partial charge in [0.25, 0.3) is 0 Å². The molecule has 0 aliphatic heterocycles. The molecule has 10 heteroatoms. The van der Waals surface area contributed by atoms with Gasteiger partial charge in [-0.05, 0) is 77.4 Å². The van der Waals surface area contributed by atoms with E-state index in [1.165, 1.54) is 4.90 Å². The van der Waals surface area contributed by atoms with Gasteiger partial charge in [0.15, 0.2) is 0 Å². The summed E-state index contributed by atoms with van der Waals surface area (Å²) in [5.74, 6) is -0.532. The number of hydrogen-bond acceptors (Lipinski definition) is 4. The van der Waals surface area contributed by atoms with Crippen LogP contribution in [0.3, 0.4) is 0 Å². The molecule has 0 radical (unpaired) electrons. The molecule has 1 atom stereocenters. The van der Waals surface area contributed by atoms with Crippen LogP contribution in [0.5, 0.6) is 0 Å². The van der Waals surface area contributed by atoms with E-state index in [1.807, 2.05) is 13.8 Å². The molecule has 0 aliphatic rings. The molecule has 0 saturated carbocycles. The number of carbonyl (C=O) groups is 2. The van der Waals surface area contributed by atoms with Gasteiger partial charge in [0.2, 0.25) is 21.8 Å². The van der Waals surface area contributed by atoms with Crippen LogP contribution in [0, 0.1) is 9.49 Å². The van der Waals surface area contributed by atoms with Crippen molar-refractivity contribution in [3.05, 3.63) is 62.7 Å². The van der Waals surface area contributed by atoms with Crippen molar-refractivity contribution in [2.24, 2.45) is 5.92 Å². The van der Waals surface area contributed by atoms with E-state index >= 15 is 0 Å². The van der Waals surface area contributed by atoms with Crippen LogP contribution in [0.15, 0.2) is 48.5 Å². The van der Waals surface area contributed by atoms with Gasteiger partial charge >= 0.3 is 0 Å². The molecular weight excluding hydrogens is 577 g/mol. The summed E-state index contributed by atoms with van der Waals surface area (Å²) in [6.45, 7) is 5.79. The van der Waals surface area contributed by atoms with E-state index < -0.39 is 28.5 Å². The Balaban J connectivity index is 2.34. The lowest BCUT2D eigenvalue weighted by atomic mass is 10.1. The minimum Gasteiger partial charge on any atom is -0.354 e. The van der Waals surface area contributed by atoms with E-state index in [0.717, 1.165) is 19.7 Å². The first-order valence-electron chi connectivity index (χ1n) is 10.4. The van der Waals surface area contributed by atoms with Crippen LogP contribution < -0.4 is 9.62 Å². The smallest absolute Gasteiger partial charge is 0.244 e. The monoisotopic (exact) mass is 605 g/mol. The summed E-state index contributed by atoms with van der Waals surface area (Å²) in [5, 5.41) is 3.40. The normalized spacial score (nSPS) is 12.3. The van der Waals surface area contributed by atoms with Gasteiger partial charge in [-0.3, -0.25) is 13.9 Å². The second-order valence-corrected chi connectivity index (χ2v) is 11.8. The molecule has 0 fully saturated rings. The summed E-state index contributed by atoms with van der Waals surface area (Å²) >= 11 is 8.10. The van der Waals surface area contributed by atoms with Gasteiger partial charge in [0, 0.05) is 21.7 Å². The lowest BCUT2D eigenvalue weighted by Crippen LogP contribution is -2.51. The summed E-state index contributed by atoms with van der Waals surface area (Å²) in [7, 11) is -3.74. The van der Waals surface area contributed by atoms with Crippen molar-refractivity contribution in [2.45, 2.75) is 33.4 Å². The van der Waals surface area contributed by atoms with E-state index in [2.05, 4.69) is 27.9 Å². The number of carbonyl (C=O) groups excluding carboxylic acids is 2. The number of benzene rings is 2. The quantitative estimate of drug-likeness (QED) is 0.417. The molecule has 33 heavy (non-hydrogen) atoms. The molecule has 0 aromatic heterocycles. The Morgan fingerprint density at radius 3 is 2.12 bits per heavy atom. The highest BCUT2D eigenvalue weighted by Gasteiger charge is 2.30. The fourth-order valence-corrected chi connectivity index (χ4v) is 4.38. The number of nitrogens with one attached hydrogen (secondary N) is 1. The van der Waals surface area contributed by atoms with Gasteiger partial charge in [0.1, 0.15) is 12.6 Å². The molecule has 2 aromatic rings. The third-order valence-electron chi connectivity index (χ3n) is 4.91. The predicted molar refractivity (Wildman–Crippen MR) is 141 cm³/mol. The van der Waals surface area contributed by atoms with Crippen LogP contribution in [0.25, 0.3) is 0 Å². The number of nitrogens with zero attached hydrogens (tertiary/aromatic N) is 2. The lowest BCUT2D eigenvalue weighted by molar-refractivity contribution is -0.139. The fraction of sp³-hybridized carbons (Fsp3) is 0.391. The van der Waals surface area contributed by atoms with Crippen molar-refractivity contribution in [3.63, 3.8) is 0 Å².